The number of halogens is 1. The lowest BCUT2D eigenvalue weighted by Gasteiger charge is -2.33. The van der Waals surface area contributed by atoms with Crippen molar-refractivity contribution in [2.75, 3.05) is 23.9 Å². The summed E-state index contributed by atoms with van der Waals surface area (Å²) in [5.41, 5.74) is 1.86. The third kappa shape index (κ3) is 7.86. The first-order valence-corrected chi connectivity index (χ1v) is 15.3. The van der Waals surface area contributed by atoms with Crippen molar-refractivity contribution in [2.45, 2.75) is 51.5 Å². The molecule has 0 saturated heterocycles. The summed E-state index contributed by atoms with van der Waals surface area (Å²) in [6.45, 7) is 7.81. The summed E-state index contributed by atoms with van der Waals surface area (Å²) < 4.78 is 28.9. The highest BCUT2D eigenvalue weighted by Crippen LogP contribution is 2.31. The molecule has 7 nitrogen and oxygen atoms in total. The van der Waals surface area contributed by atoms with E-state index in [1.165, 1.54) is 17.0 Å². The predicted molar refractivity (Wildman–Crippen MR) is 161 cm³/mol. The maximum atomic E-state index is 14.1. The van der Waals surface area contributed by atoms with Crippen LogP contribution in [0.1, 0.15) is 38.3 Å². The average molecular weight is 584 g/mol. The van der Waals surface area contributed by atoms with Crippen molar-refractivity contribution in [3.05, 3.63) is 95.0 Å². The number of hydrogen-bond acceptors (Lipinski definition) is 4. The molecule has 1 N–H and O–H groups in total. The lowest BCUT2D eigenvalue weighted by molar-refractivity contribution is -0.139. The van der Waals surface area contributed by atoms with Crippen LogP contribution < -0.4 is 9.62 Å². The number of carbonyl (C=O) groups is 2. The molecule has 214 valence electrons. The zero-order chi connectivity index (χ0) is 29.3. The van der Waals surface area contributed by atoms with Gasteiger partial charge in [0.15, 0.2) is 0 Å². The molecule has 3 aromatic carbocycles. The molecule has 0 fully saturated rings. The molecule has 1 atom stereocenters. The summed E-state index contributed by atoms with van der Waals surface area (Å²) in [5.74, 6) is -0.484. The fourth-order valence-corrected chi connectivity index (χ4v) is 6.08. The second-order valence-electron chi connectivity index (χ2n) is 10.1. The fourth-order valence-electron chi connectivity index (χ4n) is 4.42. The molecule has 0 saturated carbocycles. The summed E-state index contributed by atoms with van der Waals surface area (Å²) in [6, 6.07) is 21.9. The molecule has 0 bridgehead atoms. The van der Waals surface area contributed by atoms with Gasteiger partial charge in [-0.3, -0.25) is 13.9 Å². The van der Waals surface area contributed by atoms with Crippen molar-refractivity contribution < 1.29 is 18.0 Å². The number of hydrogen-bond donors (Lipinski definition) is 1. The van der Waals surface area contributed by atoms with E-state index in [0.717, 1.165) is 9.87 Å². The molecule has 0 unspecified atom stereocenters. The monoisotopic (exact) mass is 583 g/mol. The van der Waals surface area contributed by atoms with Gasteiger partial charge in [0.25, 0.3) is 10.0 Å². The van der Waals surface area contributed by atoms with Gasteiger partial charge in [-0.1, -0.05) is 87.0 Å². The predicted octanol–water partition coefficient (Wildman–Crippen LogP) is 5.47. The smallest absolute Gasteiger partial charge is 0.264 e. The molecular weight excluding hydrogens is 546 g/mol. The van der Waals surface area contributed by atoms with E-state index in [4.69, 9.17) is 11.6 Å². The van der Waals surface area contributed by atoms with E-state index in [1.807, 2.05) is 51.1 Å². The van der Waals surface area contributed by atoms with Crippen molar-refractivity contribution in [1.82, 2.24) is 10.2 Å². The number of nitrogens with one attached hydrogen (secondary N) is 1. The summed E-state index contributed by atoms with van der Waals surface area (Å²) in [7, 11) is -4.14. The highest BCUT2D eigenvalue weighted by atomic mass is 35.5. The Morgan fingerprint density at radius 2 is 1.55 bits per heavy atom. The van der Waals surface area contributed by atoms with E-state index in [1.54, 1.807) is 43.3 Å². The number of nitrogens with zero attached hydrogens (tertiary/aromatic N) is 2. The number of carbonyl (C=O) groups excluding carboxylic acids is 2. The molecule has 3 rings (SSSR count). The van der Waals surface area contributed by atoms with Crippen molar-refractivity contribution >= 4 is 39.1 Å². The van der Waals surface area contributed by atoms with Crippen molar-refractivity contribution in [2.24, 2.45) is 5.92 Å². The number of amides is 2. The molecule has 9 heteroatoms. The van der Waals surface area contributed by atoms with Crippen LogP contribution in [0.3, 0.4) is 0 Å². The topological polar surface area (TPSA) is 86.8 Å². The van der Waals surface area contributed by atoms with E-state index in [-0.39, 0.29) is 23.3 Å². The van der Waals surface area contributed by atoms with Gasteiger partial charge < -0.3 is 10.2 Å². The van der Waals surface area contributed by atoms with Crippen molar-refractivity contribution in [3.63, 3.8) is 0 Å². The number of rotatable bonds is 13. The first-order chi connectivity index (χ1) is 19.1. The maximum absolute atomic E-state index is 14.1. The average Bonchev–Trinajstić information content (AvgIpc) is 2.95. The Morgan fingerprint density at radius 3 is 2.15 bits per heavy atom. The largest absolute Gasteiger partial charge is 0.354 e. The Hall–Kier alpha value is -3.36. The van der Waals surface area contributed by atoms with Crippen LogP contribution in [0.4, 0.5) is 5.69 Å². The van der Waals surface area contributed by atoms with Crippen LogP contribution >= 0.6 is 11.6 Å². The molecular formula is C31H38ClN3O4S. The quantitative estimate of drug-likeness (QED) is 0.289. The zero-order valence-electron chi connectivity index (χ0n) is 23.5. The maximum Gasteiger partial charge on any atom is 0.264 e. The van der Waals surface area contributed by atoms with Gasteiger partial charge in [-0.15, -0.1) is 0 Å². The molecule has 0 heterocycles. The van der Waals surface area contributed by atoms with E-state index < -0.39 is 28.5 Å². The van der Waals surface area contributed by atoms with Crippen LogP contribution in [-0.4, -0.2) is 50.8 Å². The molecule has 40 heavy (non-hydrogen) atoms. The van der Waals surface area contributed by atoms with Crippen LogP contribution in [0.5, 0.6) is 0 Å². The van der Waals surface area contributed by atoms with E-state index in [0.29, 0.717) is 35.7 Å². The summed E-state index contributed by atoms with van der Waals surface area (Å²) in [4.78, 5) is 28.9. The van der Waals surface area contributed by atoms with E-state index in [2.05, 4.69) is 5.32 Å². The Kier molecular flexibility index (Phi) is 11.2. The first kappa shape index (κ1) is 31.2. The summed E-state index contributed by atoms with van der Waals surface area (Å²) >= 11 is 6.38. The van der Waals surface area contributed by atoms with Crippen LogP contribution in [0.25, 0.3) is 0 Å². The third-order valence-corrected chi connectivity index (χ3v) is 8.86. The van der Waals surface area contributed by atoms with Crippen LogP contribution in [0.15, 0.2) is 83.8 Å². The van der Waals surface area contributed by atoms with Gasteiger partial charge in [-0.2, -0.15) is 0 Å². The minimum absolute atomic E-state index is 0.0553. The Bertz CT molecular complexity index is 1380. The van der Waals surface area contributed by atoms with Crippen molar-refractivity contribution in [3.8, 4) is 0 Å². The Labute approximate surface area is 243 Å². The highest BCUT2D eigenvalue weighted by molar-refractivity contribution is 7.92. The van der Waals surface area contributed by atoms with Gasteiger partial charge in [0.05, 0.1) is 10.6 Å². The summed E-state index contributed by atoms with van der Waals surface area (Å²) in [5, 5.41) is 3.33. The highest BCUT2D eigenvalue weighted by Gasteiger charge is 2.34. The van der Waals surface area contributed by atoms with Crippen molar-refractivity contribution in [1.29, 1.82) is 0 Å². The molecule has 0 radical (unpaired) electrons. The van der Waals surface area contributed by atoms with Gasteiger partial charge >= 0.3 is 0 Å². The van der Waals surface area contributed by atoms with E-state index >= 15 is 0 Å². The first-order valence-electron chi connectivity index (χ1n) is 13.5. The Balaban J connectivity index is 2.02. The lowest BCUT2D eigenvalue weighted by Crippen LogP contribution is -2.53. The van der Waals surface area contributed by atoms with Crippen LogP contribution in [0.2, 0.25) is 5.02 Å². The minimum atomic E-state index is -4.14. The lowest BCUT2D eigenvalue weighted by atomic mass is 10.1. The fraction of sp³-hybridized carbons (Fsp3) is 0.355. The molecule has 0 aliphatic carbocycles. The molecule has 3 aromatic rings. The number of sulfonamides is 1. The van der Waals surface area contributed by atoms with Gasteiger partial charge in [0.2, 0.25) is 11.8 Å². The normalized spacial score (nSPS) is 12.2. The summed E-state index contributed by atoms with van der Waals surface area (Å²) in [6.07, 6.45) is 0.897. The SMILES string of the molecule is CC[C@H](C(=O)NCC(C)C)N(CCc1ccccc1)C(=O)CN(c1cccc(Cl)c1C)S(=O)(=O)c1ccccc1. The van der Waals surface area contributed by atoms with E-state index in [9.17, 15) is 18.0 Å². The molecule has 0 aliphatic rings. The number of anilines is 1. The van der Waals surface area contributed by atoms with Crippen LogP contribution in [-0.2, 0) is 26.0 Å². The molecule has 0 spiro atoms. The minimum Gasteiger partial charge on any atom is -0.354 e. The number of benzene rings is 3. The third-order valence-electron chi connectivity index (χ3n) is 6.67. The zero-order valence-corrected chi connectivity index (χ0v) is 25.1. The van der Waals surface area contributed by atoms with Gasteiger partial charge in [0, 0.05) is 18.1 Å². The van der Waals surface area contributed by atoms with Gasteiger partial charge in [-0.25, -0.2) is 8.42 Å². The second kappa shape index (κ2) is 14.3. The molecule has 0 aliphatic heterocycles. The standard InChI is InChI=1S/C31H38ClN3O4S/c1-5-28(31(37)33-21-23(2)3)34(20-19-25-13-8-6-9-14-25)30(36)22-35(29-18-12-17-27(32)24(29)4)40(38,39)26-15-10-7-11-16-26/h6-18,23,28H,5,19-22H2,1-4H3,(H,33,37)/t28-/m1/s1. The van der Waals surface area contributed by atoms with Crippen LogP contribution in [0, 0.1) is 12.8 Å². The second-order valence-corrected chi connectivity index (χ2v) is 12.4. The van der Waals surface area contributed by atoms with Gasteiger partial charge in [-0.05, 0) is 61.1 Å². The van der Waals surface area contributed by atoms with Gasteiger partial charge in [0.1, 0.15) is 12.6 Å². The molecule has 0 aromatic heterocycles. The molecule has 2 amide bonds. The Morgan fingerprint density at radius 1 is 0.925 bits per heavy atom.